The predicted molar refractivity (Wildman–Crippen MR) is 44.7 cm³/mol. The van der Waals surface area contributed by atoms with Crippen molar-refractivity contribution in [2.24, 2.45) is 0 Å². The van der Waals surface area contributed by atoms with Gasteiger partial charge in [0, 0.05) is 13.2 Å². The monoisotopic (exact) mass is 137 g/mol. The minimum atomic E-state index is 0.194. The normalized spacial score (nSPS) is 22.8. The van der Waals surface area contributed by atoms with Gasteiger partial charge < -0.3 is 4.90 Å². The first-order valence-electron chi connectivity index (χ1n) is 3.63. The van der Waals surface area contributed by atoms with Gasteiger partial charge in [-0.1, -0.05) is 12.2 Å². The van der Waals surface area contributed by atoms with Gasteiger partial charge >= 0.3 is 0 Å². The summed E-state index contributed by atoms with van der Waals surface area (Å²) in [4.78, 5) is 2.22. The second-order valence-corrected chi connectivity index (χ2v) is 3.47. The largest absolute Gasteiger partial charge is 0.372 e. The molecule has 1 heteroatoms. The molecule has 1 rings (SSSR count). The zero-order valence-electron chi connectivity index (χ0n) is 7.18. The zero-order chi connectivity index (χ0) is 7.78. The zero-order valence-corrected chi connectivity index (χ0v) is 7.18. The maximum absolute atomic E-state index is 2.22. The Morgan fingerprint density at radius 1 is 1.40 bits per heavy atom. The van der Waals surface area contributed by atoms with Gasteiger partial charge in [0.1, 0.15) is 0 Å². The van der Waals surface area contributed by atoms with Gasteiger partial charge in [0.15, 0.2) is 0 Å². The van der Waals surface area contributed by atoms with E-state index in [-0.39, 0.29) is 5.54 Å². The molecule has 0 unspecified atom stereocenters. The van der Waals surface area contributed by atoms with Crippen LogP contribution in [0.3, 0.4) is 0 Å². The summed E-state index contributed by atoms with van der Waals surface area (Å²) in [7, 11) is 2.10. The molecule has 0 fully saturated rings. The molecule has 0 amide bonds. The maximum atomic E-state index is 2.22. The first kappa shape index (κ1) is 7.39. The van der Waals surface area contributed by atoms with Crippen molar-refractivity contribution in [2.75, 3.05) is 7.05 Å². The second kappa shape index (κ2) is 2.15. The van der Waals surface area contributed by atoms with Crippen LogP contribution < -0.4 is 0 Å². The van der Waals surface area contributed by atoms with Gasteiger partial charge in [-0.25, -0.2) is 0 Å². The molecule has 0 radical (unpaired) electrons. The fourth-order valence-corrected chi connectivity index (χ4v) is 0.968. The van der Waals surface area contributed by atoms with E-state index in [1.807, 2.05) is 0 Å². The highest BCUT2D eigenvalue weighted by Gasteiger charge is 2.19. The summed E-state index contributed by atoms with van der Waals surface area (Å²) < 4.78 is 0. The van der Waals surface area contributed by atoms with Gasteiger partial charge in [-0.05, 0) is 26.3 Å². The van der Waals surface area contributed by atoms with Crippen LogP contribution in [0.5, 0.6) is 0 Å². The van der Waals surface area contributed by atoms with Crippen LogP contribution in [0.15, 0.2) is 23.9 Å². The number of rotatable bonds is 0. The molecule has 0 aromatic carbocycles. The fraction of sp³-hybridized carbons (Fsp3) is 0.556. The highest BCUT2D eigenvalue weighted by molar-refractivity contribution is 5.25. The molecule has 1 aliphatic rings. The van der Waals surface area contributed by atoms with Gasteiger partial charge in [0.05, 0.1) is 5.54 Å². The van der Waals surface area contributed by atoms with Gasteiger partial charge in [-0.2, -0.15) is 0 Å². The average molecular weight is 137 g/mol. The van der Waals surface area contributed by atoms with Crippen molar-refractivity contribution in [3.05, 3.63) is 23.9 Å². The molecule has 10 heavy (non-hydrogen) atoms. The lowest BCUT2D eigenvalue weighted by Gasteiger charge is -2.34. The topological polar surface area (TPSA) is 3.24 Å². The first-order valence-corrected chi connectivity index (χ1v) is 3.63. The number of hydrogen-bond acceptors (Lipinski definition) is 1. The molecule has 0 spiro atoms. The molecular formula is C9H15N. The van der Waals surface area contributed by atoms with Crippen LogP contribution in [0.1, 0.15) is 20.8 Å². The van der Waals surface area contributed by atoms with Crippen molar-refractivity contribution in [3.63, 3.8) is 0 Å². The van der Waals surface area contributed by atoms with Crippen molar-refractivity contribution < 1.29 is 0 Å². The Hall–Kier alpha value is -0.720. The Kier molecular flexibility index (Phi) is 1.59. The van der Waals surface area contributed by atoms with E-state index in [2.05, 4.69) is 51.1 Å². The van der Waals surface area contributed by atoms with Crippen LogP contribution >= 0.6 is 0 Å². The fourth-order valence-electron chi connectivity index (χ4n) is 0.968. The highest BCUT2D eigenvalue weighted by Crippen LogP contribution is 2.20. The Morgan fingerprint density at radius 2 is 2.00 bits per heavy atom. The van der Waals surface area contributed by atoms with Gasteiger partial charge in [-0.15, -0.1) is 0 Å². The van der Waals surface area contributed by atoms with E-state index in [9.17, 15) is 0 Å². The summed E-state index contributed by atoms with van der Waals surface area (Å²) in [5.74, 6) is 0. The minimum absolute atomic E-state index is 0.194. The molecule has 0 N–H and O–H groups in total. The van der Waals surface area contributed by atoms with E-state index >= 15 is 0 Å². The summed E-state index contributed by atoms with van der Waals surface area (Å²) in [6.45, 7) is 6.52. The van der Waals surface area contributed by atoms with Crippen LogP contribution in [-0.2, 0) is 0 Å². The highest BCUT2D eigenvalue weighted by atomic mass is 15.1. The Balaban J connectivity index is 2.84. The smallest absolute Gasteiger partial charge is 0.0523 e. The van der Waals surface area contributed by atoms with E-state index in [0.29, 0.717) is 0 Å². The minimum Gasteiger partial charge on any atom is -0.372 e. The molecule has 1 nitrogen and oxygen atoms in total. The number of allylic oxidation sites excluding steroid dienone is 2. The molecule has 0 bridgehead atoms. The molecule has 1 heterocycles. The summed E-state index contributed by atoms with van der Waals surface area (Å²) in [6.07, 6.45) is 6.56. The van der Waals surface area contributed by atoms with E-state index in [4.69, 9.17) is 0 Å². The lowest BCUT2D eigenvalue weighted by atomic mass is 9.99. The lowest BCUT2D eigenvalue weighted by Crippen LogP contribution is -2.36. The molecule has 1 aliphatic heterocycles. The van der Waals surface area contributed by atoms with E-state index < -0.39 is 0 Å². The van der Waals surface area contributed by atoms with E-state index in [1.165, 1.54) is 5.57 Å². The van der Waals surface area contributed by atoms with E-state index in [1.54, 1.807) is 0 Å². The van der Waals surface area contributed by atoms with Gasteiger partial charge in [0.2, 0.25) is 0 Å². The third-order valence-corrected chi connectivity index (χ3v) is 2.06. The van der Waals surface area contributed by atoms with Gasteiger partial charge in [0.25, 0.3) is 0 Å². The van der Waals surface area contributed by atoms with Crippen molar-refractivity contribution >= 4 is 0 Å². The van der Waals surface area contributed by atoms with Crippen LogP contribution in [-0.4, -0.2) is 17.5 Å². The third-order valence-electron chi connectivity index (χ3n) is 2.06. The van der Waals surface area contributed by atoms with Crippen molar-refractivity contribution in [2.45, 2.75) is 26.3 Å². The van der Waals surface area contributed by atoms with Crippen molar-refractivity contribution in [1.82, 2.24) is 4.90 Å². The summed E-state index contributed by atoms with van der Waals surface area (Å²) in [5.41, 5.74) is 1.52. The van der Waals surface area contributed by atoms with Crippen LogP contribution in [0.25, 0.3) is 0 Å². The standard InChI is InChI=1S/C9H15N/c1-8-5-6-9(2,3)10(4)7-8/h5-7H,1-4H3. The van der Waals surface area contributed by atoms with Crippen LogP contribution in [0.2, 0.25) is 0 Å². The molecule has 0 saturated carbocycles. The summed E-state index contributed by atoms with van der Waals surface area (Å²) >= 11 is 0. The van der Waals surface area contributed by atoms with Crippen molar-refractivity contribution in [3.8, 4) is 0 Å². The third kappa shape index (κ3) is 1.23. The predicted octanol–water partition coefficient (Wildman–Crippen LogP) is 2.17. The molecule has 0 saturated heterocycles. The maximum Gasteiger partial charge on any atom is 0.0523 e. The Labute approximate surface area is 63.0 Å². The molecule has 0 atom stereocenters. The van der Waals surface area contributed by atoms with Crippen molar-refractivity contribution in [1.29, 1.82) is 0 Å². The molecular weight excluding hydrogens is 122 g/mol. The molecule has 56 valence electrons. The first-order chi connectivity index (χ1) is 4.52. The Morgan fingerprint density at radius 3 is 2.40 bits per heavy atom. The van der Waals surface area contributed by atoms with Gasteiger partial charge in [-0.3, -0.25) is 0 Å². The number of hydrogen-bond donors (Lipinski definition) is 0. The van der Waals surface area contributed by atoms with Crippen LogP contribution in [0, 0.1) is 0 Å². The summed E-state index contributed by atoms with van der Waals surface area (Å²) in [5, 5.41) is 0. The molecule has 0 aromatic heterocycles. The average Bonchev–Trinajstić information content (AvgIpc) is 1.81. The number of likely N-dealkylation sites (N-methyl/N-ethyl adjacent to an activating group) is 1. The molecule has 0 aliphatic carbocycles. The quantitative estimate of drug-likeness (QED) is 0.494. The van der Waals surface area contributed by atoms with Crippen LogP contribution in [0.4, 0.5) is 0 Å². The second-order valence-electron chi connectivity index (χ2n) is 3.47. The SMILES string of the molecule is CC1=CN(C)C(C)(C)C=C1. The summed E-state index contributed by atoms with van der Waals surface area (Å²) in [6, 6.07) is 0. The molecule has 0 aromatic rings. The lowest BCUT2D eigenvalue weighted by molar-refractivity contribution is 0.280. The number of nitrogens with zero attached hydrogens (tertiary/aromatic N) is 1. The van der Waals surface area contributed by atoms with E-state index in [0.717, 1.165) is 0 Å². The Bertz CT molecular complexity index is 187.